The molecule has 1 aromatic rings. The Morgan fingerprint density at radius 3 is 2.71 bits per heavy atom. The van der Waals surface area contributed by atoms with Gasteiger partial charge in [-0.2, -0.15) is 0 Å². The third kappa shape index (κ3) is 4.44. The second-order valence-corrected chi connectivity index (χ2v) is 6.68. The summed E-state index contributed by atoms with van der Waals surface area (Å²) in [6.45, 7) is 6.68. The zero-order chi connectivity index (χ0) is 17.7. The minimum Gasteiger partial charge on any atom is -0.366 e. The van der Waals surface area contributed by atoms with Crippen molar-refractivity contribution in [1.82, 2.24) is 5.32 Å². The predicted octanol–water partition coefficient (Wildman–Crippen LogP) is 2.16. The summed E-state index contributed by atoms with van der Waals surface area (Å²) < 4.78 is 0. The van der Waals surface area contributed by atoms with Crippen LogP contribution in [0.2, 0.25) is 0 Å². The molecule has 1 aromatic carbocycles. The molecule has 1 unspecified atom stereocenters. The Kier molecular flexibility index (Phi) is 6.14. The lowest BCUT2D eigenvalue weighted by Gasteiger charge is -2.31. The van der Waals surface area contributed by atoms with Gasteiger partial charge in [-0.25, -0.2) is 0 Å². The Morgan fingerprint density at radius 1 is 1.46 bits per heavy atom. The number of hydrogen-bond donors (Lipinski definition) is 2. The van der Waals surface area contributed by atoms with Gasteiger partial charge in [0.2, 0.25) is 0 Å². The molecular weight excluding hydrogens is 308 g/mol. The van der Waals surface area contributed by atoms with Crippen molar-refractivity contribution in [2.24, 2.45) is 17.6 Å². The molecule has 1 atom stereocenters. The van der Waals surface area contributed by atoms with Crippen molar-refractivity contribution in [1.29, 1.82) is 0 Å². The highest BCUT2D eigenvalue weighted by molar-refractivity contribution is 5.95. The Labute approximate surface area is 142 Å². The molecule has 132 valence electrons. The number of nitro groups is 1. The molecule has 2 rings (SSSR count). The van der Waals surface area contributed by atoms with E-state index < -0.39 is 4.92 Å². The van der Waals surface area contributed by atoms with Gasteiger partial charge in [0.15, 0.2) is 0 Å². The van der Waals surface area contributed by atoms with E-state index >= 15 is 0 Å². The van der Waals surface area contributed by atoms with Gasteiger partial charge in [-0.15, -0.1) is 0 Å². The van der Waals surface area contributed by atoms with Crippen molar-refractivity contribution in [3.63, 3.8) is 0 Å². The van der Waals surface area contributed by atoms with Crippen LogP contribution in [0.15, 0.2) is 18.2 Å². The van der Waals surface area contributed by atoms with Crippen LogP contribution in [-0.4, -0.2) is 37.0 Å². The summed E-state index contributed by atoms with van der Waals surface area (Å²) >= 11 is 0. The van der Waals surface area contributed by atoms with Crippen LogP contribution in [0.25, 0.3) is 0 Å². The normalized spacial score (nSPS) is 16.7. The number of carbonyl (C=O) groups is 1. The SMILES string of the molecule is CC1CCN(c2ccc(C(=O)NCC(C)CN)cc2[N+](=O)[O-])CC1. The van der Waals surface area contributed by atoms with E-state index in [0.29, 0.717) is 30.3 Å². The van der Waals surface area contributed by atoms with Crippen LogP contribution in [0.4, 0.5) is 11.4 Å². The van der Waals surface area contributed by atoms with E-state index in [1.54, 1.807) is 12.1 Å². The van der Waals surface area contributed by atoms with Gasteiger partial charge in [-0.05, 0) is 43.4 Å². The number of anilines is 1. The lowest BCUT2D eigenvalue weighted by molar-refractivity contribution is -0.384. The molecule has 1 aliphatic rings. The van der Waals surface area contributed by atoms with E-state index in [2.05, 4.69) is 12.2 Å². The van der Waals surface area contributed by atoms with Crippen molar-refractivity contribution >= 4 is 17.3 Å². The lowest BCUT2D eigenvalue weighted by Crippen LogP contribution is -2.33. The Hall–Kier alpha value is -2.15. The van der Waals surface area contributed by atoms with Crippen molar-refractivity contribution in [2.45, 2.75) is 26.7 Å². The third-order valence-electron chi connectivity index (χ3n) is 4.57. The first-order valence-electron chi connectivity index (χ1n) is 8.44. The van der Waals surface area contributed by atoms with Crippen molar-refractivity contribution < 1.29 is 9.72 Å². The predicted molar refractivity (Wildman–Crippen MR) is 94.3 cm³/mol. The highest BCUT2D eigenvalue weighted by Crippen LogP contribution is 2.32. The Morgan fingerprint density at radius 2 is 2.12 bits per heavy atom. The molecular formula is C17H26N4O3. The van der Waals surface area contributed by atoms with E-state index in [1.807, 2.05) is 11.8 Å². The molecule has 7 heteroatoms. The van der Waals surface area contributed by atoms with E-state index in [9.17, 15) is 14.9 Å². The van der Waals surface area contributed by atoms with Gasteiger partial charge in [0, 0.05) is 31.3 Å². The molecule has 1 aliphatic heterocycles. The molecule has 1 heterocycles. The molecule has 0 bridgehead atoms. The fourth-order valence-corrected chi connectivity index (χ4v) is 2.78. The van der Waals surface area contributed by atoms with E-state index in [1.165, 1.54) is 6.07 Å². The minimum atomic E-state index is -0.410. The largest absolute Gasteiger partial charge is 0.366 e. The smallest absolute Gasteiger partial charge is 0.293 e. The summed E-state index contributed by atoms with van der Waals surface area (Å²) in [6, 6.07) is 4.72. The molecule has 1 amide bonds. The quantitative estimate of drug-likeness (QED) is 0.613. The zero-order valence-electron chi connectivity index (χ0n) is 14.3. The van der Waals surface area contributed by atoms with Gasteiger partial charge < -0.3 is 16.0 Å². The first-order valence-corrected chi connectivity index (χ1v) is 8.44. The van der Waals surface area contributed by atoms with Crippen LogP contribution < -0.4 is 16.0 Å². The average Bonchev–Trinajstić information content (AvgIpc) is 2.59. The molecule has 3 N–H and O–H groups in total. The second-order valence-electron chi connectivity index (χ2n) is 6.68. The van der Waals surface area contributed by atoms with Crippen LogP contribution in [0.5, 0.6) is 0 Å². The van der Waals surface area contributed by atoms with Gasteiger partial charge in [0.1, 0.15) is 5.69 Å². The van der Waals surface area contributed by atoms with Gasteiger partial charge in [-0.1, -0.05) is 13.8 Å². The highest BCUT2D eigenvalue weighted by atomic mass is 16.6. The van der Waals surface area contributed by atoms with Crippen molar-refractivity contribution in [3.05, 3.63) is 33.9 Å². The number of carbonyl (C=O) groups excluding carboxylic acids is 1. The third-order valence-corrected chi connectivity index (χ3v) is 4.57. The Balaban J connectivity index is 2.17. The zero-order valence-corrected chi connectivity index (χ0v) is 14.3. The minimum absolute atomic E-state index is 0.0101. The number of nitro benzene ring substituents is 1. The number of benzene rings is 1. The van der Waals surface area contributed by atoms with Crippen molar-refractivity contribution in [2.75, 3.05) is 31.1 Å². The maximum Gasteiger partial charge on any atom is 0.293 e. The summed E-state index contributed by atoms with van der Waals surface area (Å²) in [4.78, 5) is 25.3. The number of amides is 1. The first kappa shape index (κ1) is 18.2. The fourth-order valence-electron chi connectivity index (χ4n) is 2.78. The number of hydrogen-bond acceptors (Lipinski definition) is 5. The summed E-state index contributed by atoms with van der Waals surface area (Å²) in [5.41, 5.74) is 6.42. The standard InChI is InChI=1S/C17H26N4O3/c1-12-5-7-20(8-6-12)15-4-3-14(9-16(15)21(23)24)17(22)19-11-13(2)10-18/h3-4,9,12-13H,5-8,10-11,18H2,1-2H3,(H,19,22). The summed E-state index contributed by atoms with van der Waals surface area (Å²) in [6.07, 6.45) is 2.05. The molecule has 0 aliphatic carbocycles. The first-order chi connectivity index (χ1) is 11.4. The van der Waals surface area contributed by atoms with Crippen LogP contribution in [0, 0.1) is 22.0 Å². The molecule has 7 nitrogen and oxygen atoms in total. The van der Waals surface area contributed by atoms with Crippen LogP contribution in [0.1, 0.15) is 37.0 Å². The van der Waals surface area contributed by atoms with Gasteiger partial charge in [-0.3, -0.25) is 14.9 Å². The molecule has 0 radical (unpaired) electrons. The van der Waals surface area contributed by atoms with Gasteiger partial charge in [0.25, 0.3) is 11.6 Å². The molecule has 24 heavy (non-hydrogen) atoms. The van der Waals surface area contributed by atoms with E-state index in [0.717, 1.165) is 25.9 Å². The maximum absolute atomic E-state index is 12.2. The summed E-state index contributed by atoms with van der Waals surface area (Å²) in [7, 11) is 0. The molecule has 1 fully saturated rings. The average molecular weight is 334 g/mol. The number of nitrogens with one attached hydrogen (secondary N) is 1. The molecule has 1 saturated heterocycles. The number of rotatable bonds is 6. The Bertz CT molecular complexity index is 597. The monoisotopic (exact) mass is 334 g/mol. The van der Waals surface area contributed by atoms with E-state index in [4.69, 9.17) is 5.73 Å². The number of nitrogens with zero attached hydrogens (tertiary/aromatic N) is 2. The lowest BCUT2D eigenvalue weighted by atomic mass is 9.98. The van der Waals surface area contributed by atoms with Crippen molar-refractivity contribution in [3.8, 4) is 0 Å². The maximum atomic E-state index is 12.2. The number of nitrogens with two attached hydrogens (primary N) is 1. The molecule has 0 spiro atoms. The van der Waals surface area contributed by atoms with Gasteiger partial charge in [0.05, 0.1) is 4.92 Å². The van der Waals surface area contributed by atoms with E-state index in [-0.39, 0.29) is 17.5 Å². The highest BCUT2D eigenvalue weighted by Gasteiger charge is 2.24. The second kappa shape index (κ2) is 8.10. The summed E-state index contributed by atoms with van der Waals surface area (Å²) in [5, 5.41) is 14.2. The van der Waals surface area contributed by atoms with Crippen LogP contribution in [0.3, 0.4) is 0 Å². The molecule has 0 aromatic heterocycles. The fraction of sp³-hybridized carbons (Fsp3) is 0.588. The molecule has 0 saturated carbocycles. The van der Waals surface area contributed by atoms with Crippen LogP contribution in [-0.2, 0) is 0 Å². The van der Waals surface area contributed by atoms with Gasteiger partial charge >= 0.3 is 0 Å². The summed E-state index contributed by atoms with van der Waals surface area (Å²) in [5.74, 6) is 0.505. The topological polar surface area (TPSA) is 102 Å². The van der Waals surface area contributed by atoms with Crippen LogP contribution >= 0.6 is 0 Å². The number of piperidine rings is 1.